The van der Waals surface area contributed by atoms with E-state index >= 15 is 0 Å². The van der Waals surface area contributed by atoms with Gasteiger partial charge in [0.15, 0.2) is 0 Å². The highest BCUT2D eigenvalue weighted by atomic mass is 32.1. The zero-order chi connectivity index (χ0) is 13.7. The van der Waals surface area contributed by atoms with Crippen LogP contribution in [0.15, 0.2) is 24.3 Å². The van der Waals surface area contributed by atoms with Crippen molar-refractivity contribution in [2.75, 3.05) is 12.4 Å². The first-order valence-electron chi connectivity index (χ1n) is 6.43. The molecule has 0 fully saturated rings. The van der Waals surface area contributed by atoms with E-state index in [9.17, 15) is 0 Å². The fourth-order valence-corrected chi connectivity index (χ4v) is 2.71. The van der Waals surface area contributed by atoms with Gasteiger partial charge in [-0.1, -0.05) is 36.5 Å². The minimum atomic E-state index is 0.286. The average molecular weight is 277 g/mol. The molecule has 0 saturated carbocycles. The van der Waals surface area contributed by atoms with Crippen LogP contribution in [0.2, 0.25) is 0 Å². The second-order valence-corrected chi connectivity index (χ2v) is 5.48. The number of nitrogens with one attached hydrogen (secondary N) is 1. The SMILES string of the molecule is CCc1nnc(NC(C)Cc2ccccc2OC)s1. The summed E-state index contributed by atoms with van der Waals surface area (Å²) in [5, 5.41) is 13.6. The quantitative estimate of drug-likeness (QED) is 0.881. The van der Waals surface area contributed by atoms with Crippen LogP contribution < -0.4 is 10.1 Å². The smallest absolute Gasteiger partial charge is 0.205 e. The van der Waals surface area contributed by atoms with Crippen molar-refractivity contribution in [1.82, 2.24) is 10.2 Å². The van der Waals surface area contributed by atoms with Gasteiger partial charge in [0.25, 0.3) is 0 Å². The zero-order valence-electron chi connectivity index (χ0n) is 11.5. The molecule has 1 aromatic heterocycles. The summed E-state index contributed by atoms with van der Waals surface area (Å²) in [7, 11) is 1.70. The van der Waals surface area contributed by atoms with E-state index in [-0.39, 0.29) is 6.04 Å². The molecule has 5 heteroatoms. The number of anilines is 1. The molecule has 4 nitrogen and oxygen atoms in total. The number of aromatic nitrogens is 2. The van der Waals surface area contributed by atoms with Gasteiger partial charge in [0, 0.05) is 6.04 Å². The molecule has 0 amide bonds. The summed E-state index contributed by atoms with van der Waals surface area (Å²) in [6, 6.07) is 8.38. The standard InChI is InChI=1S/C14H19N3OS/c1-4-13-16-17-14(19-13)15-10(2)9-11-7-5-6-8-12(11)18-3/h5-8,10H,4,9H2,1-3H3,(H,15,17). The Kier molecular flexibility index (Phi) is 4.74. The molecule has 0 aliphatic carbocycles. The minimum Gasteiger partial charge on any atom is -0.496 e. The molecule has 1 N–H and O–H groups in total. The van der Waals surface area contributed by atoms with Gasteiger partial charge in [-0.05, 0) is 31.4 Å². The third-order valence-electron chi connectivity index (χ3n) is 2.86. The summed E-state index contributed by atoms with van der Waals surface area (Å²) in [4.78, 5) is 0. The summed E-state index contributed by atoms with van der Waals surface area (Å²) in [6.45, 7) is 4.22. The summed E-state index contributed by atoms with van der Waals surface area (Å²) in [6.07, 6.45) is 1.82. The molecule has 1 atom stereocenters. The molecule has 0 aliphatic heterocycles. The van der Waals surface area contributed by atoms with Crippen molar-refractivity contribution in [3.8, 4) is 5.75 Å². The van der Waals surface area contributed by atoms with Crippen LogP contribution in [0.1, 0.15) is 24.4 Å². The first-order chi connectivity index (χ1) is 9.22. The molecule has 0 aliphatic rings. The molecule has 19 heavy (non-hydrogen) atoms. The Morgan fingerprint density at radius 1 is 1.32 bits per heavy atom. The van der Waals surface area contributed by atoms with Gasteiger partial charge < -0.3 is 10.1 Å². The first kappa shape index (κ1) is 13.8. The molecule has 0 spiro atoms. The van der Waals surface area contributed by atoms with E-state index in [1.54, 1.807) is 18.4 Å². The average Bonchev–Trinajstić information content (AvgIpc) is 2.87. The lowest BCUT2D eigenvalue weighted by atomic mass is 10.1. The highest BCUT2D eigenvalue weighted by Crippen LogP contribution is 2.21. The van der Waals surface area contributed by atoms with Gasteiger partial charge in [0.05, 0.1) is 7.11 Å². The fourth-order valence-electron chi connectivity index (χ4n) is 1.92. The van der Waals surface area contributed by atoms with Crippen molar-refractivity contribution >= 4 is 16.5 Å². The van der Waals surface area contributed by atoms with Gasteiger partial charge in [-0.2, -0.15) is 0 Å². The van der Waals surface area contributed by atoms with Gasteiger partial charge in [-0.15, -0.1) is 10.2 Å². The van der Waals surface area contributed by atoms with Crippen LogP contribution in [0, 0.1) is 0 Å². The lowest BCUT2D eigenvalue weighted by molar-refractivity contribution is 0.409. The Morgan fingerprint density at radius 3 is 2.79 bits per heavy atom. The molecule has 2 rings (SSSR count). The fraction of sp³-hybridized carbons (Fsp3) is 0.429. The number of hydrogen-bond donors (Lipinski definition) is 1. The maximum atomic E-state index is 5.36. The molecule has 1 unspecified atom stereocenters. The topological polar surface area (TPSA) is 47.0 Å². The second kappa shape index (κ2) is 6.52. The predicted octanol–water partition coefficient (Wildman–Crippen LogP) is 3.15. The van der Waals surface area contributed by atoms with Gasteiger partial charge in [0.1, 0.15) is 10.8 Å². The third kappa shape index (κ3) is 3.67. The van der Waals surface area contributed by atoms with E-state index < -0.39 is 0 Å². The van der Waals surface area contributed by atoms with Crippen molar-refractivity contribution in [1.29, 1.82) is 0 Å². The van der Waals surface area contributed by atoms with Crippen molar-refractivity contribution in [3.05, 3.63) is 34.8 Å². The summed E-state index contributed by atoms with van der Waals surface area (Å²) in [5.41, 5.74) is 1.20. The molecular formula is C14H19N3OS. The summed E-state index contributed by atoms with van der Waals surface area (Å²) >= 11 is 1.62. The Bertz CT molecular complexity index is 527. The summed E-state index contributed by atoms with van der Waals surface area (Å²) in [5.74, 6) is 0.933. The minimum absolute atomic E-state index is 0.286. The normalized spacial score (nSPS) is 12.2. The number of nitrogens with zero attached hydrogens (tertiary/aromatic N) is 2. The van der Waals surface area contributed by atoms with Gasteiger partial charge in [-0.3, -0.25) is 0 Å². The maximum absolute atomic E-state index is 5.36. The van der Waals surface area contributed by atoms with Crippen LogP contribution in [0.4, 0.5) is 5.13 Å². The van der Waals surface area contributed by atoms with Crippen LogP contribution in [0.5, 0.6) is 5.75 Å². The van der Waals surface area contributed by atoms with Crippen LogP contribution in [-0.2, 0) is 12.8 Å². The van der Waals surface area contributed by atoms with Crippen molar-refractivity contribution < 1.29 is 4.74 Å². The Hall–Kier alpha value is -1.62. The van der Waals surface area contributed by atoms with Crippen LogP contribution >= 0.6 is 11.3 Å². The number of para-hydroxylation sites is 1. The molecular weight excluding hydrogens is 258 g/mol. The number of hydrogen-bond acceptors (Lipinski definition) is 5. The number of benzene rings is 1. The molecule has 0 radical (unpaired) electrons. The molecule has 102 valence electrons. The Balaban J connectivity index is 1.98. The maximum Gasteiger partial charge on any atom is 0.205 e. The first-order valence-corrected chi connectivity index (χ1v) is 7.25. The summed E-state index contributed by atoms with van der Waals surface area (Å²) < 4.78 is 5.36. The molecule has 1 heterocycles. The van der Waals surface area contributed by atoms with Gasteiger partial charge >= 0.3 is 0 Å². The zero-order valence-corrected chi connectivity index (χ0v) is 12.3. The number of ether oxygens (including phenoxy) is 1. The number of aryl methyl sites for hydroxylation is 1. The van der Waals surface area contributed by atoms with E-state index in [4.69, 9.17) is 4.74 Å². The molecule has 0 bridgehead atoms. The van der Waals surface area contributed by atoms with E-state index in [0.717, 1.165) is 28.7 Å². The monoisotopic (exact) mass is 277 g/mol. The van der Waals surface area contributed by atoms with E-state index in [1.165, 1.54) is 5.56 Å². The number of methoxy groups -OCH3 is 1. The predicted molar refractivity (Wildman–Crippen MR) is 79.1 cm³/mol. The van der Waals surface area contributed by atoms with Crippen LogP contribution in [0.25, 0.3) is 0 Å². The lowest BCUT2D eigenvalue weighted by Crippen LogP contribution is -2.18. The highest BCUT2D eigenvalue weighted by Gasteiger charge is 2.10. The largest absolute Gasteiger partial charge is 0.496 e. The Labute approximate surface area is 117 Å². The van der Waals surface area contributed by atoms with Crippen LogP contribution in [0.3, 0.4) is 0 Å². The van der Waals surface area contributed by atoms with E-state index in [0.29, 0.717) is 0 Å². The lowest BCUT2D eigenvalue weighted by Gasteiger charge is -2.14. The van der Waals surface area contributed by atoms with E-state index in [2.05, 4.69) is 35.4 Å². The van der Waals surface area contributed by atoms with Gasteiger partial charge in [-0.25, -0.2) is 0 Å². The van der Waals surface area contributed by atoms with Crippen molar-refractivity contribution in [2.24, 2.45) is 0 Å². The molecule has 2 aromatic rings. The van der Waals surface area contributed by atoms with Crippen molar-refractivity contribution in [2.45, 2.75) is 32.7 Å². The van der Waals surface area contributed by atoms with Crippen molar-refractivity contribution in [3.63, 3.8) is 0 Å². The van der Waals surface area contributed by atoms with E-state index in [1.807, 2.05) is 18.2 Å². The van der Waals surface area contributed by atoms with Crippen LogP contribution in [-0.4, -0.2) is 23.3 Å². The number of rotatable bonds is 6. The third-order valence-corrected chi connectivity index (χ3v) is 3.86. The van der Waals surface area contributed by atoms with Gasteiger partial charge in [0.2, 0.25) is 5.13 Å². The molecule has 0 saturated heterocycles. The Morgan fingerprint density at radius 2 is 2.11 bits per heavy atom. The molecule has 1 aromatic carbocycles. The highest BCUT2D eigenvalue weighted by molar-refractivity contribution is 7.15. The second-order valence-electron chi connectivity index (χ2n) is 4.42.